The smallest absolute Gasteiger partial charge is 0.254 e. The molecule has 6 atom stereocenters. The lowest BCUT2D eigenvalue weighted by Gasteiger charge is -2.34. The Morgan fingerprint density at radius 1 is 0.939 bits per heavy atom. The third-order valence-electron chi connectivity index (χ3n) is 9.03. The summed E-state index contributed by atoms with van der Waals surface area (Å²) >= 11 is 2.80. The van der Waals surface area contributed by atoms with Crippen LogP contribution >= 0.6 is 23.5 Å². The zero-order chi connectivity index (χ0) is 35.1. The highest BCUT2D eigenvalue weighted by Crippen LogP contribution is 2.41. The van der Waals surface area contributed by atoms with Crippen LogP contribution in [0.2, 0.25) is 0 Å². The van der Waals surface area contributed by atoms with E-state index in [9.17, 15) is 29.4 Å². The van der Waals surface area contributed by atoms with Crippen LogP contribution in [-0.4, -0.2) is 91.7 Å². The van der Waals surface area contributed by atoms with Gasteiger partial charge in [0.05, 0.1) is 30.5 Å². The van der Waals surface area contributed by atoms with E-state index in [1.807, 2.05) is 105 Å². The molecule has 1 aliphatic heterocycles. The van der Waals surface area contributed by atoms with Gasteiger partial charge in [0.25, 0.3) is 5.91 Å². The first-order valence-electron chi connectivity index (χ1n) is 16.3. The Morgan fingerprint density at radius 3 is 2.24 bits per heavy atom. The first-order valence-corrected chi connectivity index (χ1v) is 18.7. The molecule has 0 saturated carbocycles. The summed E-state index contributed by atoms with van der Waals surface area (Å²) < 4.78 is -0.701. The summed E-state index contributed by atoms with van der Waals surface area (Å²) in [5.74, 6) is -1.53. The van der Waals surface area contributed by atoms with Gasteiger partial charge in [0.15, 0.2) is 6.10 Å². The van der Waals surface area contributed by atoms with Crippen LogP contribution in [0.3, 0.4) is 0 Å². The highest BCUT2D eigenvalue weighted by molar-refractivity contribution is 8.00. The molecule has 0 aromatic heterocycles. The highest BCUT2D eigenvalue weighted by Gasteiger charge is 2.51. The van der Waals surface area contributed by atoms with E-state index < -0.39 is 58.8 Å². The minimum absolute atomic E-state index is 0.100. The quantitative estimate of drug-likeness (QED) is 0.183. The molecule has 0 bridgehead atoms. The molecule has 10 nitrogen and oxygen atoms in total. The number of nitrogens with zero attached hydrogens (tertiary/aromatic N) is 1. The van der Waals surface area contributed by atoms with Crippen LogP contribution in [0.25, 0.3) is 0 Å². The molecule has 49 heavy (non-hydrogen) atoms. The average Bonchev–Trinajstić information content (AvgIpc) is 3.58. The summed E-state index contributed by atoms with van der Waals surface area (Å²) in [6, 6.07) is 22.4. The topological polar surface area (TPSA) is 148 Å². The predicted molar refractivity (Wildman–Crippen MR) is 193 cm³/mol. The number of rotatable bonds is 13. The van der Waals surface area contributed by atoms with Crippen molar-refractivity contribution in [3.63, 3.8) is 0 Å². The highest BCUT2D eigenvalue weighted by atomic mass is 32.2. The van der Waals surface area contributed by atoms with E-state index in [1.165, 1.54) is 28.4 Å². The van der Waals surface area contributed by atoms with E-state index >= 15 is 0 Å². The van der Waals surface area contributed by atoms with E-state index in [0.717, 1.165) is 22.3 Å². The second-order valence-corrected chi connectivity index (χ2v) is 15.5. The molecule has 1 saturated heterocycles. The summed E-state index contributed by atoms with van der Waals surface area (Å²) in [6.45, 7) is 3.74. The second kappa shape index (κ2) is 16.2. The fraction of sp³-hybridized carbons (Fsp3) is 0.405. The van der Waals surface area contributed by atoms with Gasteiger partial charge < -0.3 is 31.1 Å². The number of hydrogen-bond donors (Lipinski definition) is 5. The molecule has 0 unspecified atom stereocenters. The molecule has 5 rings (SSSR count). The number of carbonyl (C=O) groups excluding carboxylic acids is 4. The monoisotopic (exact) mass is 704 g/mol. The van der Waals surface area contributed by atoms with Crippen LogP contribution in [-0.2, 0) is 38.4 Å². The Labute approximate surface area is 295 Å². The van der Waals surface area contributed by atoms with Crippen LogP contribution in [0.1, 0.15) is 42.1 Å². The van der Waals surface area contributed by atoms with Crippen molar-refractivity contribution >= 4 is 47.2 Å². The summed E-state index contributed by atoms with van der Waals surface area (Å²) in [7, 11) is 0. The number of aliphatic hydroxyl groups is 2. The largest absolute Gasteiger partial charge is 0.390 e. The molecule has 3 aromatic rings. The number of hydrogen-bond acceptors (Lipinski definition) is 8. The number of thioether (sulfide) groups is 2. The zero-order valence-electron chi connectivity index (χ0n) is 27.9. The standard InChI is InChI=1S/C37H44N4O6S2/c1-37(2)33(35(46)40-31-26-17-11-10-16-25(26)20-29(31)42)41(22-49-37)36(47)32(44)27(18-23-12-6-4-7-13-23)39-34(45)28(21-48-3)38-30(43)19-24-14-8-5-9-15-24/h4-17,27-29,31-33,42,44H,18-22H2,1-3H3,(H,38,43)(H,39,45)(H,40,46)/t27-,28-,29+,31-,32-,33+/m0/s1. The Hall–Kier alpha value is -3.84. The fourth-order valence-corrected chi connectivity index (χ4v) is 8.21. The molecule has 3 aromatic carbocycles. The number of carbonyl (C=O) groups is 4. The van der Waals surface area contributed by atoms with Crippen molar-refractivity contribution in [2.45, 2.75) is 74.2 Å². The first-order chi connectivity index (χ1) is 23.5. The third kappa shape index (κ3) is 8.85. The summed E-state index contributed by atoms with van der Waals surface area (Å²) in [6.07, 6.45) is -0.0255. The van der Waals surface area contributed by atoms with Gasteiger partial charge in [-0.2, -0.15) is 11.8 Å². The van der Waals surface area contributed by atoms with Crippen molar-refractivity contribution in [2.24, 2.45) is 0 Å². The van der Waals surface area contributed by atoms with Gasteiger partial charge in [0.1, 0.15) is 12.1 Å². The third-order valence-corrected chi connectivity index (χ3v) is 11.1. The Morgan fingerprint density at radius 2 is 1.57 bits per heavy atom. The first kappa shape index (κ1) is 36.4. The van der Waals surface area contributed by atoms with E-state index in [-0.39, 0.29) is 30.4 Å². The number of amides is 4. The summed E-state index contributed by atoms with van der Waals surface area (Å²) in [5, 5.41) is 31.1. The SMILES string of the molecule is CSC[C@H](NC(=O)Cc1ccccc1)C(=O)N[C@@H](Cc1ccccc1)[C@H](O)C(=O)N1CSC(C)(C)[C@H]1C(=O)N[C@H]1c2ccccc2C[C@H]1O. The number of nitrogens with one attached hydrogen (secondary N) is 3. The van der Waals surface area contributed by atoms with Crippen LogP contribution in [0.15, 0.2) is 84.9 Å². The van der Waals surface area contributed by atoms with E-state index in [4.69, 9.17) is 0 Å². The van der Waals surface area contributed by atoms with Crippen LogP contribution < -0.4 is 16.0 Å². The number of benzene rings is 3. The van der Waals surface area contributed by atoms with Crippen molar-refractivity contribution in [1.29, 1.82) is 0 Å². The molecule has 12 heteroatoms. The zero-order valence-corrected chi connectivity index (χ0v) is 29.5. The lowest BCUT2D eigenvalue weighted by molar-refractivity contribution is -0.148. The molecule has 4 amide bonds. The van der Waals surface area contributed by atoms with Gasteiger partial charge in [-0.1, -0.05) is 84.9 Å². The average molecular weight is 705 g/mol. The Bertz CT molecular complexity index is 1630. The normalized spacial score (nSPS) is 21.2. The number of fused-ring (bicyclic) bond motifs is 1. The molecule has 5 N–H and O–H groups in total. The van der Waals surface area contributed by atoms with Gasteiger partial charge in [-0.25, -0.2) is 0 Å². The van der Waals surface area contributed by atoms with Gasteiger partial charge in [0, 0.05) is 16.9 Å². The molecule has 1 aliphatic carbocycles. The molecule has 1 fully saturated rings. The lowest BCUT2D eigenvalue weighted by Crippen LogP contribution is -2.60. The van der Waals surface area contributed by atoms with E-state index in [1.54, 1.807) is 0 Å². The van der Waals surface area contributed by atoms with E-state index in [0.29, 0.717) is 6.42 Å². The molecule has 260 valence electrons. The maximum Gasteiger partial charge on any atom is 0.254 e. The Kier molecular flexibility index (Phi) is 12.1. The van der Waals surface area contributed by atoms with Gasteiger partial charge >= 0.3 is 0 Å². The lowest BCUT2D eigenvalue weighted by atomic mass is 9.96. The van der Waals surface area contributed by atoms with Gasteiger partial charge in [-0.3, -0.25) is 19.2 Å². The maximum absolute atomic E-state index is 14.1. The van der Waals surface area contributed by atoms with Gasteiger partial charge in [-0.15, -0.1) is 11.8 Å². The van der Waals surface area contributed by atoms with Gasteiger partial charge in [-0.05, 0) is 48.8 Å². The molecular weight excluding hydrogens is 661 g/mol. The van der Waals surface area contributed by atoms with E-state index in [2.05, 4.69) is 16.0 Å². The minimum Gasteiger partial charge on any atom is -0.390 e. The van der Waals surface area contributed by atoms with Crippen molar-refractivity contribution in [1.82, 2.24) is 20.9 Å². The second-order valence-electron chi connectivity index (χ2n) is 13.0. The predicted octanol–water partition coefficient (Wildman–Crippen LogP) is 2.62. The minimum atomic E-state index is -1.69. The van der Waals surface area contributed by atoms with Crippen LogP contribution in [0.5, 0.6) is 0 Å². The van der Waals surface area contributed by atoms with Crippen molar-refractivity contribution < 1.29 is 29.4 Å². The van der Waals surface area contributed by atoms with Crippen molar-refractivity contribution in [3.05, 3.63) is 107 Å². The van der Waals surface area contributed by atoms with Crippen LogP contribution in [0.4, 0.5) is 0 Å². The van der Waals surface area contributed by atoms with Gasteiger partial charge in [0.2, 0.25) is 17.7 Å². The molecular formula is C37H44N4O6S2. The Balaban J connectivity index is 1.33. The van der Waals surface area contributed by atoms with Crippen molar-refractivity contribution in [2.75, 3.05) is 17.9 Å². The maximum atomic E-state index is 14.1. The molecule has 1 heterocycles. The van der Waals surface area contributed by atoms with Crippen molar-refractivity contribution in [3.8, 4) is 0 Å². The molecule has 2 aliphatic rings. The molecule has 0 spiro atoms. The summed E-state index contributed by atoms with van der Waals surface area (Å²) in [5.41, 5.74) is 3.39. The number of aliphatic hydroxyl groups excluding tert-OH is 2. The fourth-order valence-electron chi connectivity index (χ4n) is 6.50. The summed E-state index contributed by atoms with van der Waals surface area (Å²) in [4.78, 5) is 56.0. The van der Waals surface area contributed by atoms with Crippen LogP contribution in [0, 0.1) is 0 Å². The molecule has 0 radical (unpaired) electrons.